The van der Waals surface area contributed by atoms with Gasteiger partial charge in [-0.15, -0.1) is 0 Å². The van der Waals surface area contributed by atoms with Gasteiger partial charge in [-0.25, -0.2) is 0 Å². The van der Waals surface area contributed by atoms with Crippen LogP contribution in [0.4, 0.5) is 0 Å². The molecule has 0 fully saturated rings. The maximum absolute atomic E-state index is 3.65. The van der Waals surface area contributed by atoms with Gasteiger partial charge in [0, 0.05) is 5.33 Å². The third kappa shape index (κ3) is 3.93. The van der Waals surface area contributed by atoms with E-state index in [1.54, 1.807) is 0 Å². The van der Waals surface area contributed by atoms with E-state index in [4.69, 9.17) is 0 Å². The zero-order chi connectivity index (χ0) is 12.3. The fourth-order valence-corrected chi connectivity index (χ4v) is 3.26. The molecule has 0 amide bonds. The van der Waals surface area contributed by atoms with E-state index in [0.717, 1.165) is 11.8 Å². The minimum absolute atomic E-state index is 0.362. The standard InChI is InChI=1S/C15H23Br/c1-11-6-12(2)8-13(7-11)9-14(10-16)15(3,4)5/h6-8,14H,9-10H2,1-5H3. The van der Waals surface area contributed by atoms with Crippen molar-refractivity contribution >= 4 is 15.9 Å². The van der Waals surface area contributed by atoms with Crippen molar-refractivity contribution in [3.8, 4) is 0 Å². The van der Waals surface area contributed by atoms with E-state index in [9.17, 15) is 0 Å². The topological polar surface area (TPSA) is 0 Å². The number of benzene rings is 1. The van der Waals surface area contributed by atoms with Crippen molar-refractivity contribution in [3.05, 3.63) is 34.9 Å². The molecule has 90 valence electrons. The molecule has 0 saturated carbocycles. The molecule has 0 radical (unpaired) electrons. The zero-order valence-electron chi connectivity index (χ0n) is 11.1. The molecular formula is C15H23Br. The fraction of sp³-hybridized carbons (Fsp3) is 0.600. The van der Waals surface area contributed by atoms with Crippen molar-refractivity contribution in [2.24, 2.45) is 11.3 Å². The Labute approximate surface area is 109 Å². The van der Waals surface area contributed by atoms with Gasteiger partial charge in [0.2, 0.25) is 0 Å². The van der Waals surface area contributed by atoms with Crippen molar-refractivity contribution in [1.82, 2.24) is 0 Å². The molecule has 1 heteroatoms. The quantitative estimate of drug-likeness (QED) is 0.692. The van der Waals surface area contributed by atoms with Crippen LogP contribution in [0.2, 0.25) is 0 Å². The summed E-state index contributed by atoms with van der Waals surface area (Å²) in [5, 5.41) is 1.07. The van der Waals surface area contributed by atoms with Gasteiger partial charge in [-0.1, -0.05) is 66.0 Å². The maximum Gasteiger partial charge on any atom is 0.00678 e. The highest BCUT2D eigenvalue weighted by Crippen LogP contribution is 2.30. The molecule has 0 aliphatic rings. The Bertz CT molecular complexity index is 327. The van der Waals surface area contributed by atoms with Gasteiger partial charge < -0.3 is 0 Å². The SMILES string of the molecule is Cc1cc(C)cc(CC(CBr)C(C)(C)C)c1. The molecule has 1 aromatic carbocycles. The van der Waals surface area contributed by atoms with E-state index in [2.05, 4.69) is 68.7 Å². The van der Waals surface area contributed by atoms with Crippen molar-refractivity contribution in [2.75, 3.05) is 5.33 Å². The van der Waals surface area contributed by atoms with E-state index in [1.165, 1.54) is 16.7 Å². The summed E-state index contributed by atoms with van der Waals surface area (Å²) in [7, 11) is 0. The second-order valence-corrected chi connectivity index (χ2v) is 6.56. The van der Waals surface area contributed by atoms with E-state index >= 15 is 0 Å². The Morgan fingerprint density at radius 3 is 1.94 bits per heavy atom. The highest BCUT2D eigenvalue weighted by Gasteiger charge is 2.23. The van der Waals surface area contributed by atoms with Gasteiger partial charge >= 0.3 is 0 Å². The van der Waals surface area contributed by atoms with Gasteiger partial charge in [-0.2, -0.15) is 0 Å². The monoisotopic (exact) mass is 282 g/mol. The molecule has 0 saturated heterocycles. The lowest BCUT2D eigenvalue weighted by atomic mass is 9.78. The Balaban J connectivity index is 2.86. The van der Waals surface area contributed by atoms with Crippen LogP contribution in [0, 0.1) is 25.2 Å². The largest absolute Gasteiger partial charge is 0.0925 e. The van der Waals surface area contributed by atoms with Crippen LogP contribution in [0.25, 0.3) is 0 Å². The summed E-state index contributed by atoms with van der Waals surface area (Å²) < 4.78 is 0. The molecule has 0 aromatic heterocycles. The molecule has 1 rings (SSSR count). The van der Waals surface area contributed by atoms with Gasteiger partial charge in [0.05, 0.1) is 0 Å². The van der Waals surface area contributed by atoms with Crippen LogP contribution in [0.1, 0.15) is 37.5 Å². The van der Waals surface area contributed by atoms with E-state index in [0.29, 0.717) is 11.3 Å². The van der Waals surface area contributed by atoms with Crippen LogP contribution >= 0.6 is 15.9 Å². The molecule has 0 N–H and O–H groups in total. The molecule has 0 aliphatic carbocycles. The first-order chi connectivity index (χ1) is 7.32. The Morgan fingerprint density at radius 2 is 1.56 bits per heavy atom. The predicted molar refractivity (Wildman–Crippen MR) is 76.4 cm³/mol. The molecule has 0 bridgehead atoms. The highest BCUT2D eigenvalue weighted by atomic mass is 79.9. The van der Waals surface area contributed by atoms with Gasteiger partial charge in [0.25, 0.3) is 0 Å². The maximum atomic E-state index is 3.65. The van der Waals surface area contributed by atoms with E-state index in [-0.39, 0.29) is 0 Å². The third-order valence-electron chi connectivity index (χ3n) is 3.17. The summed E-state index contributed by atoms with van der Waals surface area (Å²) in [5.74, 6) is 0.689. The lowest BCUT2D eigenvalue weighted by molar-refractivity contribution is 0.267. The molecule has 0 aliphatic heterocycles. The first kappa shape index (κ1) is 13.8. The molecule has 1 unspecified atom stereocenters. The molecule has 0 nitrogen and oxygen atoms in total. The second-order valence-electron chi connectivity index (χ2n) is 5.92. The fourth-order valence-electron chi connectivity index (χ4n) is 2.06. The summed E-state index contributed by atoms with van der Waals surface area (Å²) >= 11 is 3.65. The number of aryl methyl sites for hydroxylation is 2. The van der Waals surface area contributed by atoms with Crippen molar-refractivity contribution < 1.29 is 0 Å². The number of rotatable bonds is 3. The van der Waals surface area contributed by atoms with Crippen LogP contribution in [-0.4, -0.2) is 5.33 Å². The van der Waals surface area contributed by atoms with Crippen LogP contribution in [-0.2, 0) is 6.42 Å². The van der Waals surface area contributed by atoms with Crippen LogP contribution in [0.5, 0.6) is 0 Å². The van der Waals surface area contributed by atoms with E-state index in [1.807, 2.05) is 0 Å². The minimum Gasteiger partial charge on any atom is -0.0925 e. The summed E-state index contributed by atoms with van der Waals surface area (Å²) in [6.07, 6.45) is 1.16. The number of hydrogen-bond donors (Lipinski definition) is 0. The summed E-state index contributed by atoms with van der Waals surface area (Å²) in [6, 6.07) is 6.87. The first-order valence-corrected chi connectivity index (χ1v) is 7.08. The molecular weight excluding hydrogens is 260 g/mol. The van der Waals surface area contributed by atoms with Gasteiger partial charge in [0.15, 0.2) is 0 Å². The van der Waals surface area contributed by atoms with Crippen molar-refractivity contribution in [2.45, 2.75) is 41.0 Å². The van der Waals surface area contributed by atoms with Crippen LogP contribution in [0.15, 0.2) is 18.2 Å². The first-order valence-electron chi connectivity index (χ1n) is 5.96. The number of halogens is 1. The van der Waals surface area contributed by atoms with Crippen molar-refractivity contribution in [3.63, 3.8) is 0 Å². The smallest absolute Gasteiger partial charge is 0.00678 e. The van der Waals surface area contributed by atoms with Gasteiger partial charge in [0.1, 0.15) is 0 Å². The number of hydrogen-bond acceptors (Lipinski definition) is 0. The molecule has 16 heavy (non-hydrogen) atoms. The van der Waals surface area contributed by atoms with Crippen LogP contribution < -0.4 is 0 Å². The molecule has 0 heterocycles. The van der Waals surface area contributed by atoms with Crippen LogP contribution in [0.3, 0.4) is 0 Å². The zero-order valence-corrected chi connectivity index (χ0v) is 12.7. The Morgan fingerprint density at radius 1 is 1.06 bits per heavy atom. The molecule has 1 atom stereocenters. The lowest BCUT2D eigenvalue weighted by Gasteiger charge is -2.29. The number of alkyl halides is 1. The molecule has 1 aromatic rings. The Hall–Kier alpha value is -0.300. The predicted octanol–water partition coefficient (Wildman–Crippen LogP) is 4.90. The third-order valence-corrected chi connectivity index (χ3v) is 3.96. The average Bonchev–Trinajstić information content (AvgIpc) is 2.10. The minimum atomic E-state index is 0.362. The molecule has 0 spiro atoms. The summed E-state index contributed by atoms with van der Waals surface area (Å²) in [4.78, 5) is 0. The highest BCUT2D eigenvalue weighted by molar-refractivity contribution is 9.09. The van der Waals surface area contributed by atoms with Gasteiger partial charge in [-0.3, -0.25) is 0 Å². The Kier molecular flexibility index (Phi) is 4.61. The van der Waals surface area contributed by atoms with E-state index < -0.39 is 0 Å². The summed E-state index contributed by atoms with van der Waals surface area (Å²) in [6.45, 7) is 11.3. The normalized spacial score (nSPS) is 13.9. The summed E-state index contributed by atoms with van der Waals surface area (Å²) in [5.41, 5.74) is 4.58. The second kappa shape index (κ2) is 5.35. The lowest BCUT2D eigenvalue weighted by Crippen LogP contribution is -2.24. The average molecular weight is 283 g/mol. The van der Waals surface area contributed by atoms with Crippen molar-refractivity contribution in [1.29, 1.82) is 0 Å². The van der Waals surface area contributed by atoms with Gasteiger partial charge in [-0.05, 0) is 37.2 Å².